The average Bonchev–Trinajstić information content (AvgIpc) is 2.54. The van der Waals surface area contributed by atoms with Crippen molar-refractivity contribution in [2.45, 2.75) is 6.61 Å². The molecule has 0 bridgehead atoms. The van der Waals surface area contributed by atoms with Crippen molar-refractivity contribution in [2.75, 3.05) is 5.73 Å². The molecule has 3 heteroatoms. The summed E-state index contributed by atoms with van der Waals surface area (Å²) in [6.07, 6.45) is 0. The zero-order chi connectivity index (χ0) is 15.4. The maximum atomic E-state index is 6.15. The summed E-state index contributed by atoms with van der Waals surface area (Å²) < 4.78 is 5.78. The van der Waals surface area contributed by atoms with Crippen molar-refractivity contribution in [3.8, 4) is 16.9 Å². The van der Waals surface area contributed by atoms with Gasteiger partial charge in [-0.15, -0.1) is 0 Å². The van der Waals surface area contributed by atoms with Crippen LogP contribution < -0.4 is 10.5 Å². The van der Waals surface area contributed by atoms with Gasteiger partial charge in [-0.05, 0) is 35.4 Å². The molecule has 3 aromatic carbocycles. The van der Waals surface area contributed by atoms with Gasteiger partial charge in [0, 0.05) is 22.3 Å². The van der Waals surface area contributed by atoms with E-state index in [-0.39, 0.29) is 0 Å². The molecule has 0 aliphatic heterocycles. The van der Waals surface area contributed by atoms with Crippen LogP contribution in [0.4, 0.5) is 5.69 Å². The Morgan fingerprint density at radius 1 is 0.864 bits per heavy atom. The summed E-state index contributed by atoms with van der Waals surface area (Å²) in [4.78, 5) is 0. The molecule has 0 fully saturated rings. The van der Waals surface area contributed by atoms with Gasteiger partial charge in [0.25, 0.3) is 0 Å². The Kier molecular flexibility index (Phi) is 4.31. The van der Waals surface area contributed by atoms with E-state index in [9.17, 15) is 0 Å². The van der Waals surface area contributed by atoms with Gasteiger partial charge < -0.3 is 10.5 Å². The minimum atomic E-state index is 0.525. The lowest BCUT2D eigenvalue weighted by molar-refractivity contribution is 0.306. The van der Waals surface area contributed by atoms with E-state index < -0.39 is 0 Å². The Hall–Kier alpha value is -2.45. The summed E-state index contributed by atoms with van der Waals surface area (Å²) in [6, 6.07) is 23.4. The van der Waals surface area contributed by atoms with Crippen LogP contribution in [0.25, 0.3) is 11.1 Å². The van der Waals surface area contributed by atoms with Crippen molar-refractivity contribution in [1.82, 2.24) is 0 Å². The highest BCUT2D eigenvalue weighted by molar-refractivity contribution is 6.30. The second-order valence-corrected chi connectivity index (χ2v) is 5.47. The Labute approximate surface area is 135 Å². The molecule has 0 aromatic heterocycles. The van der Waals surface area contributed by atoms with Gasteiger partial charge in [-0.3, -0.25) is 0 Å². The topological polar surface area (TPSA) is 35.2 Å². The average molecular weight is 310 g/mol. The van der Waals surface area contributed by atoms with Gasteiger partial charge in [0.2, 0.25) is 0 Å². The molecule has 0 heterocycles. The third-order valence-corrected chi connectivity index (χ3v) is 3.64. The van der Waals surface area contributed by atoms with E-state index in [0.29, 0.717) is 17.3 Å². The van der Waals surface area contributed by atoms with Crippen molar-refractivity contribution in [2.24, 2.45) is 0 Å². The Morgan fingerprint density at radius 2 is 1.68 bits per heavy atom. The van der Waals surface area contributed by atoms with E-state index in [1.54, 1.807) is 0 Å². The highest BCUT2D eigenvalue weighted by Crippen LogP contribution is 2.31. The number of hydrogen-bond acceptors (Lipinski definition) is 2. The van der Waals surface area contributed by atoms with E-state index >= 15 is 0 Å². The van der Waals surface area contributed by atoms with E-state index in [1.165, 1.54) is 0 Å². The number of halogens is 1. The van der Waals surface area contributed by atoms with Gasteiger partial charge in [0.05, 0.1) is 0 Å². The van der Waals surface area contributed by atoms with Crippen LogP contribution in [0, 0.1) is 0 Å². The second-order valence-electron chi connectivity index (χ2n) is 5.03. The van der Waals surface area contributed by atoms with Crippen molar-refractivity contribution in [3.63, 3.8) is 0 Å². The van der Waals surface area contributed by atoms with Crippen molar-refractivity contribution >= 4 is 17.3 Å². The first-order valence-electron chi connectivity index (χ1n) is 7.04. The van der Waals surface area contributed by atoms with Crippen LogP contribution in [-0.2, 0) is 6.61 Å². The minimum absolute atomic E-state index is 0.525. The zero-order valence-corrected chi connectivity index (χ0v) is 12.8. The third-order valence-electron chi connectivity index (χ3n) is 3.41. The molecule has 0 aliphatic rings. The van der Waals surface area contributed by atoms with Crippen LogP contribution in [0.15, 0.2) is 72.8 Å². The number of hydrogen-bond donors (Lipinski definition) is 1. The molecular weight excluding hydrogens is 294 g/mol. The number of rotatable bonds is 4. The van der Waals surface area contributed by atoms with E-state index in [4.69, 9.17) is 22.1 Å². The highest BCUT2D eigenvalue weighted by atomic mass is 35.5. The van der Waals surface area contributed by atoms with Gasteiger partial charge in [0.1, 0.15) is 12.4 Å². The maximum absolute atomic E-state index is 6.15. The Balaban J connectivity index is 1.77. The first-order valence-corrected chi connectivity index (χ1v) is 7.42. The van der Waals surface area contributed by atoms with Gasteiger partial charge in [-0.2, -0.15) is 0 Å². The molecule has 0 unspecified atom stereocenters. The summed E-state index contributed by atoms with van der Waals surface area (Å²) in [5.74, 6) is 0.757. The smallest absolute Gasteiger partial charge is 0.121 e. The first kappa shape index (κ1) is 14.5. The van der Waals surface area contributed by atoms with Crippen LogP contribution in [0.3, 0.4) is 0 Å². The number of nitrogen functional groups attached to an aromatic ring is 1. The minimum Gasteiger partial charge on any atom is -0.489 e. The normalized spacial score (nSPS) is 10.4. The van der Waals surface area contributed by atoms with Crippen LogP contribution in [-0.4, -0.2) is 0 Å². The monoisotopic (exact) mass is 309 g/mol. The third kappa shape index (κ3) is 3.41. The summed E-state index contributed by atoms with van der Waals surface area (Å²) >= 11 is 6.03. The predicted octanol–water partition coefficient (Wildman–Crippen LogP) is 5.17. The Morgan fingerprint density at radius 3 is 2.41 bits per heavy atom. The molecule has 0 amide bonds. The Bertz CT molecular complexity index is 771. The van der Waals surface area contributed by atoms with Gasteiger partial charge in [-0.25, -0.2) is 0 Å². The number of nitrogens with two attached hydrogens (primary N) is 1. The van der Waals surface area contributed by atoms with Crippen LogP contribution in [0.1, 0.15) is 5.56 Å². The molecule has 0 saturated heterocycles. The van der Waals surface area contributed by atoms with E-state index in [2.05, 4.69) is 0 Å². The van der Waals surface area contributed by atoms with E-state index in [0.717, 1.165) is 22.4 Å². The molecule has 3 aromatic rings. The highest BCUT2D eigenvalue weighted by Gasteiger charge is 2.05. The molecule has 2 N–H and O–H groups in total. The van der Waals surface area contributed by atoms with Crippen LogP contribution >= 0.6 is 11.6 Å². The van der Waals surface area contributed by atoms with Gasteiger partial charge >= 0.3 is 0 Å². The lowest BCUT2D eigenvalue weighted by atomic mass is 10.0. The lowest BCUT2D eigenvalue weighted by Gasteiger charge is -2.10. The molecule has 0 atom stereocenters. The summed E-state index contributed by atoms with van der Waals surface area (Å²) in [5, 5.41) is 0.696. The zero-order valence-electron chi connectivity index (χ0n) is 12.0. The SMILES string of the molecule is Nc1cc(OCc2ccccc2)ccc1-c1cccc(Cl)c1. The molecule has 0 saturated carbocycles. The number of anilines is 1. The standard InChI is InChI=1S/C19H16ClNO/c20-16-8-4-7-15(11-16)18-10-9-17(12-19(18)21)22-13-14-5-2-1-3-6-14/h1-12H,13,21H2. The lowest BCUT2D eigenvalue weighted by Crippen LogP contribution is -1.97. The molecule has 0 radical (unpaired) electrons. The van der Waals surface area contributed by atoms with Crippen molar-refractivity contribution in [1.29, 1.82) is 0 Å². The molecule has 2 nitrogen and oxygen atoms in total. The molecular formula is C19H16ClNO. The fraction of sp³-hybridized carbons (Fsp3) is 0.0526. The summed E-state index contributed by atoms with van der Waals surface area (Å²) in [5.41, 5.74) is 9.90. The second kappa shape index (κ2) is 6.54. The summed E-state index contributed by atoms with van der Waals surface area (Å²) in [7, 11) is 0. The first-order chi connectivity index (χ1) is 10.7. The molecule has 3 rings (SSSR count). The van der Waals surface area contributed by atoms with Crippen LogP contribution in [0.5, 0.6) is 5.75 Å². The van der Waals surface area contributed by atoms with Gasteiger partial charge in [-0.1, -0.05) is 54.1 Å². The molecule has 0 aliphatic carbocycles. The fourth-order valence-electron chi connectivity index (χ4n) is 2.29. The largest absolute Gasteiger partial charge is 0.489 e. The van der Waals surface area contributed by atoms with Crippen molar-refractivity contribution in [3.05, 3.63) is 83.4 Å². The molecule has 0 spiro atoms. The predicted molar refractivity (Wildman–Crippen MR) is 92.1 cm³/mol. The van der Waals surface area contributed by atoms with E-state index in [1.807, 2.05) is 72.8 Å². The van der Waals surface area contributed by atoms with Crippen LogP contribution in [0.2, 0.25) is 5.02 Å². The quantitative estimate of drug-likeness (QED) is 0.675. The van der Waals surface area contributed by atoms with Crippen molar-refractivity contribution < 1.29 is 4.74 Å². The number of ether oxygens (including phenoxy) is 1. The van der Waals surface area contributed by atoms with Gasteiger partial charge in [0.15, 0.2) is 0 Å². The summed E-state index contributed by atoms with van der Waals surface area (Å²) in [6.45, 7) is 0.525. The molecule has 22 heavy (non-hydrogen) atoms. The maximum Gasteiger partial charge on any atom is 0.121 e. The number of benzene rings is 3. The molecule has 110 valence electrons. The fourth-order valence-corrected chi connectivity index (χ4v) is 2.48.